The molecule has 7 heteroatoms. The number of halogens is 1. The highest BCUT2D eigenvalue weighted by atomic mass is 19.1. The van der Waals surface area contributed by atoms with Crippen LogP contribution in [-0.2, 0) is 19.1 Å². The molecule has 2 heterocycles. The van der Waals surface area contributed by atoms with Crippen LogP contribution < -0.4 is 10.2 Å². The molecule has 2 aliphatic rings. The highest BCUT2D eigenvalue weighted by Crippen LogP contribution is 2.50. The van der Waals surface area contributed by atoms with E-state index in [1.165, 1.54) is 25.3 Å². The zero-order valence-electron chi connectivity index (χ0n) is 16.3. The average molecular weight is 396 g/mol. The highest BCUT2D eigenvalue weighted by Gasteiger charge is 2.67. The zero-order chi connectivity index (χ0) is 20.9. The van der Waals surface area contributed by atoms with Gasteiger partial charge in [-0.05, 0) is 31.5 Å². The quantitative estimate of drug-likeness (QED) is 0.637. The molecule has 2 saturated heterocycles. The van der Waals surface area contributed by atoms with Gasteiger partial charge in [0.2, 0.25) is 11.8 Å². The second-order valence-electron chi connectivity index (χ2n) is 7.69. The third kappa shape index (κ3) is 2.76. The molecule has 0 aliphatic carbocycles. The number of nitrogens with zero attached hydrogens (tertiary/aromatic N) is 1. The summed E-state index contributed by atoms with van der Waals surface area (Å²) in [5.74, 6) is -4.31. The molecule has 0 spiro atoms. The Kier molecular flexibility index (Phi) is 4.50. The number of benzene rings is 2. The summed E-state index contributed by atoms with van der Waals surface area (Å²) in [5, 5.41) is 3.17. The van der Waals surface area contributed by atoms with Crippen LogP contribution in [0.15, 0.2) is 48.5 Å². The molecule has 0 radical (unpaired) electrons. The number of fused-ring (bicyclic) bond motifs is 1. The van der Waals surface area contributed by atoms with Gasteiger partial charge < -0.3 is 4.74 Å². The number of hydrogen-bond acceptors (Lipinski definition) is 5. The number of para-hydroxylation sites is 1. The Balaban J connectivity index is 1.84. The van der Waals surface area contributed by atoms with E-state index in [0.717, 1.165) is 16.0 Å². The molecule has 2 amide bonds. The van der Waals surface area contributed by atoms with Gasteiger partial charge >= 0.3 is 5.97 Å². The van der Waals surface area contributed by atoms with Crippen LogP contribution in [-0.4, -0.2) is 30.4 Å². The summed E-state index contributed by atoms with van der Waals surface area (Å²) < 4.78 is 19.3. The van der Waals surface area contributed by atoms with Crippen LogP contribution in [0.2, 0.25) is 0 Å². The lowest BCUT2D eigenvalue weighted by molar-refractivity contribution is -0.151. The van der Waals surface area contributed by atoms with Gasteiger partial charge in [0.1, 0.15) is 11.4 Å². The summed E-state index contributed by atoms with van der Waals surface area (Å²) in [4.78, 5) is 40.2. The lowest BCUT2D eigenvalue weighted by Crippen LogP contribution is -2.54. The molecule has 1 N–H and O–H groups in total. The third-order valence-electron chi connectivity index (χ3n) is 5.93. The topological polar surface area (TPSA) is 75.7 Å². The first-order valence-electron chi connectivity index (χ1n) is 9.34. The van der Waals surface area contributed by atoms with Crippen LogP contribution in [0.5, 0.6) is 0 Å². The monoisotopic (exact) mass is 396 g/mol. The summed E-state index contributed by atoms with van der Waals surface area (Å²) in [7, 11) is 1.24. The number of ether oxygens (including phenoxy) is 1. The predicted octanol–water partition coefficient (Wildman–Crippen LogP) is 2.52. The van der Waals surface area contributed by atoms with Gasteiger partial charge in [-0.15, -0.1) is 0 Å². The van der Waals surface area contributed by atoms with Crippen molar-refractivity contribution in [1.82, 2.24) is 5.32 Å². The van der Waals surface area contributed by atoms with Gasteiger partial charge in [-0.1, -0.05) is 42.0 Å². The Hall–Kier alpha value is -3.06. The van der Waals surface area contributed by atoms with Crippen molar-refractivity contribution in [2.45, 2.75) is 25.4 Å². The minimum Gasteiger partial charge on any atom is -0.468 e. The minimum absolute atomic E-state index is 0.105. The molecular formula is C22H21FN2O4. The van der Waals surface area contributed by atoms with Crippen molar-refractivity contribution in [3.05, 3.63) is 65.5 Å². The highest BCUT2D eigenvalue weighted by molar-refractivity contribution is 6.24. The lowest BCUT2D eigenvalue weighted by Gasteiger charge is -2.28. The average Bonchev–Trinajstić information content (AvgIpc) is 3.17. The molecular weight excluding hydrogens is 375 g/mol. The Morgan fingerprint density at radius 3 is 2.38 bits per heavy atom. The molecule has 4 rings (SSSR count). The van der Waals surface area contributed by atoms with Crippen molar-refractivity contribution in [3.8, 4) is 0 Å². The van der Waals surface area contributed by atoms with Crippen molar-refractivity contribution in [2.24, 2.45) is 11.8 Å². The van der Waals surface area contributed by atoms with Gasteiger partial charge in [0.25, 0.3) is 0 Å². The van der Waals surface area contributed by atoms with Crippen LogP contribution in [0.4, 0.5) is 10.1 Å². The maximum atomic E-state index is 14.4. The fourth-order valence-corrected chi connectivity index (χ4v) is 4.47. The van der Waals surface area contributed by atoms with Crippen molar-refractivity contribution < 1.29 is 23.5 Å². The van der Waals surface area contributed by atoms with Gasteiger partial charge in [0.05, 0.1) is 24.6 Å². The number of methoxy groups -OCH3 is 1. The van der Waals surface area contributed by atoms with E-state index in [4.69, 9.17) is 4.74 Å². The second kappa shape index (κ2) is 6.77. The molecule has 2 aromatic rings. The molecule has 2 aromatic carbocycles. The molecule has 2 fully saturated rings. The molecule has 0 aromatic heterocycles. The maximum Gasteiger partial charge on any atom is 0.326 e. The predicted molar refractivity (Wildman–Crippen MR) is 103 cm³/mol. The summed E-state index contributed by atoms with van der Waals surface area (Å²) in [5.41, 5.74) is 0.296. The molecule has 2 aliphatic heterocycles. The van der Waals surface area contributed by atoms with Crippen LogP contribution in [0, 0.1) is 24.6 Å². The summed E-state index contributed by atoms with van der Waals surface area (Å²) >= 11 is 0. The van der Waals surface area contributed by atoms with E-state index in [1.807, 2.05) is 31.2 Å². The normalized spacial score (nSPS) is 28.6. The Morgan fingerprint density at radius 1 is 1.10 bits per heavy atom. The van der Waals surface area contributed by atoms with Gasteiger partial charge in [0, 0.05) is 6.04 Å². The number of nitrogens with one attached hydrogen (secondary N) is 1. The maximum absolute atomic E-state index is 14.4. The number of esters is 1. The van der Waals surface area contributed by atoms with Crippen LogP contribution in [0.1, 0.15) is 24.1 Å². The van der Waals surface area contributed by atoms with Gasteiger partial charge in [0.15, 0.2) is 0 Å². The molecule has 4 atom stereocenters. The van der Waals surface area contributed by atoms with Crippen molar-refractivity contribution in [1.29, 1.82) is 0 Å². The SMILES string of the molecule is COC(=O)[C@]1(C)N[C@H](c2ccc(C)cc2)[C@H]2C(=O)N(c3ccccc3F)C(=O)[C@H]21. The van der Waals surface area contributed by atoms with E-state index in [9.17, 15) is 18.8 Å². The van der Waals surface area contributed by atoms with Crippen LogP contribution in [0.25, 0.3) is 0 Å². The number of hydrogen-bond donors (Lipinski definition) is 1. The van der Waals surface area contributed by atoms with Gasteiger partial charge in [-0.3, -0.25) is 19.7 Å². The fraction of sp³-hybridized carbons (Fsp3) is 0.318. The summed E-state index contributed by atoms with van der Waals surface area (Å²) in [6, 6.07) is 12.5. The van der Waals surface area contributed by atoms with E-state index < -0.39 is 47.0 Å². The lowest BCUT2D eigenvalue weighted by atomic mass is 9.80. The largest absolute Gasteiger partial charge is 0.468 e. The van der Waals surface area contributed by atoms with Crippen LogP contribution >= 0.6 is 0 Å². The van der Waals surface area contributed by atoms with E-state index >= 15 is 0 Å². The zero-order valence-corrected chi connectivity index (χ0v) is 16.3. The molecule has 0 bridgehead atoms. The Morgan fingerprint density at radius 2 is 1.76 bits per heavy atom. The van der Waals surface area contributed by atoms with E-state index in [2.05, 4.69) is 5.32 Å². The summed E-state index contributed by atoms with van der Waals surface area (Å²) in [6.07, 6.45) is 0. The summed E-state index contributed by atoms with van der Waals surface area (Å²) in [6.45, 7) is 3.50. The van der Waals surface area contributed by atoms with Crippen LogP contribution in [0.3, 0.4) is 0 Å². The number of rotatable bonds is 3. The van der Waals surface area contributed by atoms with E-state index in [1.54, 1.807) is 13.0 Å². The van der Waals surface area contributed by atoms with Crippen molar-refractivity contribution in [2.75, 3.05) is 12.0 Å². The molecule has 0 saturated carbocycles. The first-order chi connectivity index (χ1) is 13.8. The number of anilines is 1. The fourth-order valence-electron chi connectivity index (χ4n) is 4.47. The number of carbonyl (C=O) groups is 3. The van der Waals surface area contributed by atoms with Gasteiger partial charge in [-0.2, -0.15) is 0 Å². The molecule has 6 nitrogen and oxygen atoms in total. The molecule has 150 valence electrons. The first kappa shape index (κ1) is 19.3. The third-order valence-corrected chi connectivity index (χ3v) is 5.93. The van der Waals surface area contributed by atoms with Gasteiger partial charge in [-0.25, -0.2) is 9.29 Å². The number of aryl methyl sites for hydroxylation is 1. The Bertz CT molecular complexity index is 1010. The second-order valence-corrected chi connectivity index (χ2v) is 7.69. The van der Waals surface area contributed by atoms with Crippen molar-refractivity contribution in [3.63, 3.8) is 0 Å². The standard InChI is InChI=1S/C22H21FN2O4/c1-12-8-10-13(11-9-12)18-16-17(22(2,24-18)21(28)29-3)20(27)25(19(16)26)15-7-5-4-6-14(15)23/h4-11,16-18,24H,1-3H3/t16-,17-,18+,22+/m0/s1. The van der Waals surface area contributed by atoms with E-state index in [0.29, 0.717) is 0 Å². The minimum atomic E-state index is -1.41. The Labute approximate surface area is 167 Å². The smallest absolute Gasteiger partial charge is 0.326 e. The number of carbonyl (C=O) groups excluding carboxylic acids is 3. The number of imide groups is 1. The molecule has 0 unspecified atom stereocenters. The van der Waals surface area contributed by atoms with Crippen molar-refractivity contribution >= 4 is 23.5 Å². The molecule has 29 heavy (non-hydrogen) atoms. The number of amides is 2. The first-order valence-corrected chi connectivity index (χ1v) is 9.34. The van der Waals surface area contributed by atoms with E-state index in [-0.39, 0.29) is 5.69 Å².